The van der Waals surface area contributed by atoms with Gasteiger partial charge in [-0.25, -0.2) is 19.7 Å². The Morgan fingerprint density at radius 1 is 0.863 bits per heavy atom. The molecule has 15 heteroatoms. The van der Waals surface area contributed by atoms with E-state index in [-0.39, 0.29) is 42.5 Å². The molecular weight excluding hydrogens is 654 g/mol. The van der Waals surface area contributed by atoms with Crippen LogP contribution in [-0.4, -0.2) is 98.6 Å². The fraction of sp³-hybridized carbons (Fsp3) is 0.444. The van der Waals surface area contributed by atoms with E-state index in [1.54, 1.807) is 14.0 Å². The van der Waals surface area contributed by atoms with Crippen molar-refractivity contribution in [2.75, 3.05) is 32.0 Å². The number of nitrogens with one attached hydrogen (secondary N) is 5. The third kappa shape index (κ3) is 9.78. The number of likely N-dealkylation sites (N-methyl/N-ethyl adjacent to an activating group) is 1. The molecule has 3 heterocycles. The van der Waals surface area contributed by atoms with Crippen molar-refractivity contribution in [3.8, 4) is 0 Å². The molecule has 1 saturated carbocycles. The second-order valence-corrected chi connectivity index (χ2v) is 12.4. The van der Waals surface area contributed by atoms with Gasteiger partial charge in [0.25, 0.3) is 11.8 Å². The first kappa shape index (κ1) is 37.1. The Bertz CT molecular complexity index is 1700. The van der Waals surface area contributed by atoms with Crippen molar-refractivity contribution in [3.05, 3.63) is 83.9 Å². The van der Waals surface area contributed by atoms with Crippen LogP contribution in [-0.2, 0) is 16.0 Å². The first-order chi connectivity index (χ1) is 24.8. The Kier molecular flexibility index (Phi) is 13.3. The average molecular weight is 702 g/mol. The molecule has 0 spiro atoms. The van der Waals surface area contributed by atoms with Gasteiger partial charge < -0.3 is 41.5 Å². The number of ether oxygens (including phenoxy) is 1. The number of hydrogen-bond donors (Lipinski definition) is 7. The van der Waals surface area contributed by atoms with Gasteiger partial charge in [-0.2, -0.15) is 0 Å². The minimum absolute atomic E-state index is 0.150. The first-order valence-electron chi connectivity index (χ1n) is 17.4. The number of imidazole rings is 1. The van der Waals surface area contributed by atoms with Crippen molar-refractivity contribution in [2.24, 2.45) is 0 Å². The Balaban J connectivity index is 0.000000323. The molecule has 0 unspecified atom stereocenters. The molecule has 1 aliphatic carbocycles. The van der Waals surface area contributed by atoms with Gasteiger partial charge in [0.2, 0.25) is 5.82 Å². The van der Waals surface area contributed by atoms with Gasteiger partial charge >= 0.3 is 6.03 Å². The number of benzene rings is 2. The van der Waals surface area contributed by atoms with Crippen LogP contribution in [0.25, 0.3) is 11.2 Å². The van der Waals surface area contributed by atoms with Gasteiger partial charge in [0.15, 0.2) is 29.3 Å². The van der Waals surface area contributed by atoms with E-state index >= 15 is 0 Å². The van der Waals surface area contributed by atoms with E-state index in [0.29, 0.717) is 12.1 Å². The van der Waals surface area contributed by atoms with Gasteiger partial charge in [-0.15, -0.1) is 0 Å². The number of anilines is 1. The van der Waals surface area contributed by atoms with E-state index in [0.717, 1.165) is 32.1 Å². The Hall–Kier alpha value is -5.12. The maximum Gasteiger partial charge on any atom is 0.315 e. The van der Waals surface area contributed by atoms with Crippen molar-refractivity contribution >= 4 is 34.8 Å². The third-order valence-corrected chi connectivity index (χ3v) is 8.71. The predicted molar refractivity (Wildman–Crippen MR) is 191 cm³/mol. The van der Waals surface area contributed by atoms with Gasteiger partial charge in [0, 0.05) is 32.7 Å². The van der Waals surface area contributed by atoms with Crippen LogP contribution in [0.4, 0.5) is 10.6 Å². The van der Waals surface area contributed by atoms with Crippen LogP contribution < -0.4 is 26.6 Å². The molecule has 7 N–H and O–H groups in total. The second-order valence-electron chi connectivity index (χ2n) is 12.4. The summed E-state index contributed by atoms with van der Waals surface area (Å²) in [5.41, 5.74) is 3.20. The van der Waals surface area contributed by atoms with Crippen molar-refractivity contribution in [1.82, 2.24) is 40.8 Å². The van der Waals surface area contributed by atoms with Gasteiger partial charge in [0.05, 0.1) is 6.33 Å². The maximum absolute atomic E-state index is 12.8. The summed E-state index contributed by atoms with van der Waals surface area (Å²) in [5.74, 6) is -1.06. The standard InChI is InChI=1S/C23H35N9O6.C13H12/c1-3-25-20(35)16-14(33)15(34)22(38-16)32-11-28-13-17(24-2)30-18(31-19(13)32)21(36)26-9-10-27-23(37)29-12-7-5-4-6-8-12;1-3-7-12(8-4-1)11-13-9-5-2-6-10-13/h11-12,14-16,22,33-34H,3-10H2,1-2H3,(H,25,35)(H,26,36)(H,24,30,31)(H2,27,29,37);1-10H,11H2/t14-,15+,16-,22+;/m0./s1. The summed E-state index contributed by atoms with van der Waals surface area (Å²) in [6.45, 7) is 2.42. The molecule has 0 radical (unpaired) electrons. The number of aliphatic hydroxyl groups is 2. The highest BCUT2D eigenvalue weighted by Gasteiger charge is 2.47. The van der Waals surface area contributed by atoms with E-state index in [9.17, 15) is 24.6 Å². The van der Waals surface area contributed by atoms with E-state index in [4.69, 9.17) is 4.74 Å². The zero-order valence-electron chi connectivity index (χ0n) is 28.9. The molecule has 2 aromatic carbocycles. The van der Waals surface area contributed by atoms with Crippen molar-refractivity contribution < 1.29 is 29.3 Å². The SMILES string of the molecule is CCNC(=O)[C@H]1O[C@@H](n2cnc3c(NC)nc(C(=O)NCCNC(=O)NC4CCCCC4)nc32)[C@H](O)[C@@H]1O.c1ccc(Cc2ccccc2)cc1. The zero-order valence-corrected chi connectivity index (χ0v) is 28.9. The number of nitrogens with zero attached hydrogens (tertiary/aromatic N) is 4. The van der Waals surface area contributed by atoms with Crippen LogP contribution in [0.3, 0.4) is 0 Å². The van der Waals surface area contributed by atoms with E-state index in [1.807, 2.05) is 0 Å². The van der Waals surface area contributed by atoms with Gasteiger partial charge in [-0.1, -0.05) is 79.9 Å². The quantitative estimate of drug-likeness (QED) is 0.114. The largest absolute Gasteiger partial charge is 0.387 e. The van der Waals surface area contributed by atoms with Crippen LogP contribution in [0.15, 0.2) is 67.0 Å². The molecule has 2 fully saturated rings. The molecule has 2 aliphatic rings. The lowest BCUT2D eigenvalue weighted by Gasteiger charge is -2.22. The van der Waals surface area contributed by atoms with Crippen molar-refractivity contribution in [3.63, 3.8) is 0 Å². The molecule has 2 aromatic heterocycles. The third-order valence-electron chi connectivity index (χ3n) is 8.71. The highest BCUT2D eigenvalue weighted by Crippen LogP contribution is 2.32. The molecular formula is C36H47N9O6. The molecule has 4 aromatic rings. The monoisotopic (exact) mass is 701 g/mol. The number of amides is 4. The Morgan fingerprint density at radius 2 is 1.51 bits per heavy atom. The smallest absolute Gasteiger partial charge is 0.315 e. The summed E-state index contributed by atoms with van der Waals surface area (Å²) < 4.78 is 7.01. The topological polar surface area (TPSA) is 205 Å². The molecule has 0 bridgehead atoms. The summed E-state index contributed by atoms with van der Waals surface area (Å²) >= 11 is 0. The number of carbonyl (C=O) groups is 3. The van der Waals surface area contributed by atoms with Crippen molar-refractivity contribution in [2.45, 2.75) is 76.0 Å². The number of fused-ring (bicyclic) bond motifs is 1. The minimum atomic E-state index is -1.47. The molecule has 272 valence electrons. The minimum Gasteiger partial charge on any atom is -0.387 e. The maximum atomic E-state index is 12.8. The fourth-order valence-electron chi connectivity index (χ4n) is 6.10. The van der Waals surface area contributed by atoms with E-state index in [1.165, 1.54) is 28.4 Å². The lowest BCUT2D eigenvalue weighted by Crippen LogP contribution is -2.45. The summed E-state index contributed by atoms with van der Waals surface area (Å²) in [7, 11) is 1.60. The van der Waals surface area contributed by atoms with E-state index < -0.39 is 36.4 Å². The number of aromatic nitrogens is 4. The van der Waals surface area contributed by atoms with Crippen LogP contribution in [0.5, 0.6) is 0 Å². The summed E-state index contributed by atoms with van der Waals surface area (Å²) in [6, 6.07) is 21.0. The summed E-state index contributed by atoms with van der Waals surface area (Å²) in [4.78, 5) is 49.9. The zero-order chi connectivity index (χ0) is 36.2. The van der Waals surface area contributed by atoms with Crippen molar-refractivity contribution in [1.29, 1.82) is 0 Å². The lowest BCUT2D eigenvalue weighted by molar-refractivity contribution is -0.137. The number of hydrogen-bond acceptors (Lipinski definition) is 10. The fourth-order valence-corrected chi connectivity index (χ4v) is 6.10. The normalized spacial score (nSPS) is 20.2. The molecule has 51 heavy (non-hydrogen) atoms. The average Bonchev–Trinajstić information content (AvgIpc) is 3.71. The van der Waals surface area contributed by atoms with Gasteiger partial charge in [-0.05, 0) is 37.3 Å². The number of aliphatic hydroxyl groups excluding tert-OH is 2. The van der Waals surface area contributed by atoms with Crippen LogP contribution in [0.2, 0.25) is 0 Å². The van der Waals surface area contributed by atoms with E-state index in [2.05, 4.69) is 102 Å². The molecule has 4 amide bonds. The molecule has 1 saturated heterocycles. The Labute approximate surface area is 296 Å². The van der Waals surface area contributed by atoms with Crippen LogP contribution in [0.1, 0.15) is 67.0 Å². The highest BCUT2D eigenvalue weighted by molar-refractivity contribution is 5.94. The predicted octanol–water partition coefficient (Wildman–Crippen LogP) is 2.26. The molecule has 6 rings (SSSR count). The molecule has 4 atom stereocenters. The second kappa shape index (κ2) is 18.2. The summed E-state index contributed by atoms with van der Waals surface area (Å²) in [6.07, 6.45) is 2.35. The number of carbonyl (C=O) groups excluding carboxylic acids is 3. The first-order valence-corrected chi connectivity index (χ1v) is 17.4. The highest BCUT2D eigenvalue weighted by atomic mass is 16.6. The number of urea groups is 1. The molecule has 1 aliphatic heterocycles. The van der Waals surface area contributed by atoms with Gasteiger partial charge in [0.1, 0.15) is 12.2 Å². The van der Waals surface area contributed by atoms with Gasteiger partial charge in [-0.3, -0.25) is 14.2 Å². The van der Waals surface area contributed by atoms with Crippen LogP contribution >= 0.6 is 0 Å². The Morgan fingerprint density at radius 3 is 2.14 bits per heavy atom. The lowest BCUT2D eigenvalue weighted by atomic mass is 9.96. The molecule has 15 nitrogen and oxygen atoms in total. The van der Waals surface area contributed by atoms with Crippen LogP contribution in [0, 0.1) is 0 Å². The number of rotatable bonds is 11. The summed E-state index contributed by atoms with van der Waals surface area (Å²) in [5, 5.41) is 34.7.